The molecule has 25 heavy (non-hydrogen) atoms. The fourth-order valence-corrected chi connectivity index (χ4v) is 1.86. The zero-order valence-corrected chi connectivity index (χ0v) is 13.6. The second kappa shape index (κ2) is 8.34. The molecule has 0 aliphatic rings. The van der Waals surface area contributed by atoms with Gasteiger partial charge in [-0.1, -0.05) is 6.07 Å². The fourth-order valence-electron chi connectivity index (χ4n) is 1.86. The predicted molar refractivity (Wildman–Crippen MR) is 88.8 cm³/mol. The minimum Gasteiger partial charge on any atom is -0.466 e. The summed E-state index contributed by atoms with van der Waals surface area (Å²) < 4.78 is 14.1. The molecular weight excluding hydrogens is 328 g/mol. The molecular formula is C17H16N2O6. The van der Waals surface area contributed by atoms with Crippen LogP contribution in [0.2, 0.25) is 0 Å². The SMILES string of the molecule is COC(=O)/C=C(/Nc1cccc(NC(=O)c2ccco2)c1)C(=O)OC. The maximum Gasteiger partial charge on any atom is 0.354 e. The highest BCUT2D eigenvalue weighted by molar-refractivity contribution is 6.02. The van der Waals surface area contributed by atoms with Crippen LogP contribution in [0.4, 0.5) is 11.4 Å². The number of methoxy groups -OCH3 is 2. The number of carbonyl (C=O) groups excluding carboxylic acids is 3. The number of nitrogens with one attached hydrogen (secondary N) is 2. The van der Waals surface area contributed by atoms with Crippen LogP contribution in [0.25, 0.3) is 0 Å². The Hall–Kier alpha value is -3.55. The largest absolute Gasteiger partial charge is 0.466 e. The van der Waals surface area contributed by atoms with E-state index in [2.05, 4.69) is 20.1 Å². The molecule has 0 bridgehead atoms. The lowest BCUT2D eigenvalue weighted by molar-refractivity contribution is -0.138. The Labute approximate surface area is 143 Å². The van der Waals surface area contributed by atoms with Gasteiger partial charge >= 0.3 is 11.9 Å². The summed E-state index contributed by atoms with van der Waals surface area (Å²) in [5, 5.41) is 5.41. The number of anilines is 2. The van der Waals surface area contributed by atoms with Gasteiger partial charge in [0.2, 0.25) is 0 Å². The highest BCUT2D eigenvalue weighted by atomic mass is 16.5. The van der Waals surface area contributed by atoms with E-state index in [1.807, 2.05) is 0 Å². The first-order valence-electron chi connectivity index (χ1n) is 7.13. The average Bonchev–Trinajstić information content (AvgIpc) is 3.15. The van der Waals surface area contributed by atoms with Crippen LogP contribution in [0.5, 0.6) is 0 Å². The van der Waals surface area contributed by atoms with Crippen LogP contribution in [0, 0.1) is 0 Å². The second-order valence-corrected chi connectivity index (χ2v) is 4.71. The van der Waals surface area contributed by atoms with Gasteiger partial charge in [0, 0.05) is 11.4 Å². The Balaban J connectivity index is 2.16. The van der Waals surface area contributed by atoms with E-state index in [0.29, 0.717) is 11.4 Å². The van der Waals surface area contributed by atoms with E-state index in [1.54, 1.807) is 30.3 Å². The first kappa shape index (κ1) is 17.8. The first-order valence-corrected chi connectivity index (χ1v) is 7.13. The summed E-state index contributed by atoms with van der Waals surface area (Å²) in [6, 6.07) is 9.69. The molecule has 0 fully saturated rings. The summed E-state index contributed by atoms with van der Waals surface area (Å²) in [6.45, 7) is 0. The third-order valence-electron chi connectivity index (χ3n) is 3.01. The summed E-state index contributed by atoms with van der Waals surface area (Å²) in [5.74, 6) is -1.70. The summed E-state index contributed by atoms with van der Waals surface area (Å²) in [4.78, 5) is 35.1. The summed E-state index contributed by atoms with van der Waals surface area (Å²) in [7, 11) is 2.38. The quantitative estimate of drug-likeness (QED) is 0.611. The summed E-state index contributed by atoms with van der Waals surface area (Å²) >= 11 is 0. The van der Waals surface area contributed by atoms with Crippen molar-refractivity contribution in [2.24, 2.45) is 0 Å². The molecule has 8 nitrogen and oxygen atoms in total. The normalized spacial score (nSPS) is 10.7. The first-order chi connectivity index (χ1) is 12.0. The molecule has 0 aliphatic carbocycles. The number of hydrogen-bond donors (Lipinski definition) is 2. The van der Waals surface area contributed by atoms with Gasteiger partial charge in [-0.2, -0.15) is 0 Å². The van der Waals surface area contributed by atoms with Gasteiger partial charge in [-0.05, 0) is 30.3 Å². The minimum atomic E-state index is -0.740. The lowest BCUT2D eigenvalue weighted by Gasteiger charge is -2.10. The average molecular weight is 344 g/mol. The van der Waals surface area contributed by atoms with Gasteiger partial charge in [-0.15, -0.1) is 0 Å². The van der Waals surface area contributed by atoms with Gasteiger partial charge in [0.15, 0.2) is 5.76 Å². The molecule has 0 saturated carbocycles. The maximum absolute atomic E-state index is 12.0. The monoisotopic (exact) mass is 344 g/mol. The molecule has 1 amide bonds. The number of ether oxygens (including phenoxy) is 2. The Kier molecular flexibility index (Phi) is 5.94. The van der Waals surface area contributed by atoms with Crippen LogP contribution in [-0.4, -0.2) is 32.1 Å². The van der Waals surface area contributed by atoms with E-state index in [9.17, 15) is 14.4 Å². The number of carbonyl (C=O) groups is 3. The maximum atomic E-state index is 12.0. The van der Waals surface area contributed by atoms with E-state index in [4.69, 9.17) is 4.42 Å². The number of amides is 1. The van der Waals surface area contributed by atoms with Crippen LogP contribution in [-0.2, 0) is 19.1 Å². The second-order valence-electron chi connectivity index (χ2n) is 4.71. The molecule has 2 N–H and O–H groups in total. The molecule has 0 spiro atoms. The van der Waals surface area contributed by atoms with Gasteiger partial charge in [-0.3, -0.25) is 4.79 Å². The number of rotatable bonds is 6. The van der Waals surface area contributed by atoms with Gasteiger partial charge in [0.25, 0.3) is 5.91 Å². The third kappa shape index (κ3) is 4.96. The Morgan fingerprint density at radius 3 is 2.32 bits per heavy atom. The van der Waals surface area contributed by atoms with Crippen molar-refractivity contribution < 1.29 is 28.3 Å². The zero-order chi connectivity index (χ0) is 18.2. The van der Waals surface area contributed by atoms with Crippen molar-refractivity contribution in [3.05, 3.63) is 60.2 Å². The molecule has 8 heteroatoms. The van der Waals surface area contributed by atoms with Crippen LogP contribution < -0.4 is 10.6 Å². The van der Waals surface area contributed by atoms with Crippen molar-refractivity contribution in [2.75, 3.05) is 24.9 Å². The zero-order valence-electron chi connectivity index (χ0n) is 13.6. The molecule has 0 saturated heterocycles. The van der Waals surface area contributed by atoms with Gasteiger partial charge in [0.1, 0.15) is 5.70 Å². The lowest BCUT2D eigenvalue weighted by atomic mass is 10.2. The third-order valence-corrected chi connectivity index (χ3v) is 3.01. The Bertz CT molecular complexity index is 795. The van der Waals surface area contributed by atoms with Crippen molar-refractivity contribution >= 4 is 29.2 Å². The number of furan rings is 1. The summed E-state index contributed by atoms with van der Waals surface area (Å²) in [6.07, 6.45) is 2.37. The summed E-state index contributed by atoms with van der Waals surface area (Å²) in [5.41, 5.74) is 0.815. The Morgan fingerprint density at radius 2 is 1.72 bits per heavy atom. The molecule has 1 aromatic heterocycles. The smallest absolute Gasteiger partial charge is 0.354 e. The highest BCUT2D eigenvalue weighted by Gasteiger charge is 2.14. The lowest BCUT2D eigenvalue weighted by Crippen LogP contribution is -2.16. The number of esters is 2. The standard InChI is InChI=1S/C17H16N2O6/c1-23-15(20)10-13(17(22)24-2)18-11-5-3-6-12(9-11)19-16(21)14-7-4-8-25-14/h3-10,18H,1-2H3,(H,19,21)/b13-10+. The molecule has 0 unspecified atom stereocenters. The predicted octanol–water partition coefficient (Wildman–Crippen LogP) is 2.17. The van der Waals surface area contributed by atoms with Crippen LogP contribution in [0.3, 0.4) is 0 Å². The Morgan fingerprint density at radius 1 is 1.00 bits per heavy atom. The fraction of sp³-hybridized carbons (Fsp3) is 0.118. The van der Waals surface area contributed by atoms with E-state index < -0.39 is 17.8 Å². The molecule has 0 atom stereocenters. The van der Waals surface area contributed by atoms with Crippen molar-refractivity contribution in [3.8, 4) is 0 Å². The topological polar surface area (TPSA) is 107 Å². The van der Waals surface area contributed by atoms with Crippen molar-refractivity contribution in [1.82, 2.24) is 0 Å². The number of hydrogen-bond acceptors (Lipinski definition) is 7. The molecule has 1 aromatic carbocycles. The number of benzene rings is 1. The van der Waals surface area contributed by atoms with E-state index in [1.165, 1.54) is 26.5 Å². The van der Waals surface area contributed by atoms with Gasteiger partial charge in [-0.25, -0.2) is 9.59 Å². The molecule has 0 radical (unpaired) electrons. The molecule has 1 heterocycles. The van der Waals surface area contributed by atoms with E-state index >= 15 is 0 Å². The molecule has 0 aliphatic heterocycles. The van der Waals surface area contributed by atoms with E-state index in [-0.39, 0.29) is 11.5 Å². The van der Waals surface area contributed by atoms with Gasteiger partial charge in [0.05, 0.1) is 26.6 Å². The van der Waals surface area contributed by atoms with Crippen LogP contribution >= 0.6 is 0 Å². The minimum absolute atomic E-state index is 0.108. The van der Waals surface area contributed by atoms with Crippen LogP contribution in [0.1, 0.15) is 10.6 Å². The molecule has 130 valence electrons. The highest BCUT2D eigenvalue weighted by Crippen LogP contribution is 2.18. The molecule has 2 rings (SSSR count). The van der Waals surface area contributed by atoms with Gasteiger partial charge < -0.3 is 24.5 Å². The van der Waals surface area contributed by atoms with Crippen molar-refractivity contribution in [2.45, 2.75) is 0 Å². The van der Waals surface area contributed by atoms with Crippen molar-refractivity contribution in [1.29, 1.82) is 0 Å². The van der Waals surface area contributed by atoms with Crippen molar-refractivity contribution in [3.63, 3.8) is 0 Å². The molecule has 2 aromatic rings. The van der Waals surface area contributed by atoms with E-state index in [0.717, 1.165) is 6.08 Å². The van der Waals surface area contributed by atoms with Crippen LogP contribution in [0.15, 0.2) is 58.9 Å².